The van der Waals surface area contributed by atoms with Crippen molar-refractivity contribution in [3.05, 3.63) is 77.9 Å². The van der Waals surface area contributed by atoms with Crippen LogP contribution in [0.4, 0.5) is 17.3 Å². The highest BCUT2D eigenvalue weighted by Gasteiger charge is 2.24. The highest BCUT2D eigenvalue weighted by Crippen LogP contribution is 2.25. The molecule has 0 bridgehead atoms. The second-order valence-electron chi connectivity index (χ2n) is 8.17. The molecular weight excluding hydrogens is 386 g/mol. The van der Waals surface area contributed by atoms with Crippen LogP contribution in [0.25, 0.3) is 11.0 Å². The van der Waals surface area contributed by atoms with Crippen molar-refractivity contribution in [1.29, 1.82) is 0 Å². The zero-order chi connectivity index (χ0) is 21.2. The van der Waals surface area contributed by atoms with Crippen LogP contribution in [0.15, 0.2) is 66.7 Å². The summed E-state index contributed by atoms with van der Waals surface area (Å²) in [4.78, 5) is 10.2. The van der Waals surface area contributed by atoms with Gasteiger partial charge in [0.05, 0.1) is 17.6 Å². The number of aromatic amines is 1. The number of aromatic nitrogens is 2. The molecule has 6 nitrogen and oxygen atoms in total. The molecule has 31 heavy (non-hydrogen) atoms. The summed E-state index contributed by atoms with van der Waals surface area (Å²) < 4.78 is 6.16. The van der Waals surface area contributed by atoms with Gasteiger partial charge in [-0.2, -0.15) is 0 Å². The molecule has 1 aliphatic heterocycles. The number of benzene rings is 3. The van der Waals surface area contributed by atoms with E-state index in [-0.39, 0.29) is 6.10 Å². The number of nitrogens with one attached hydrogen (secondary N) is 2. The quantitative estimate of drug-likeness (QED) is 0.399. The molecule has 0 aliphatic carbocycles. The van der Waals surface area contributed by atoms with Crippen molar-refractivity contribution in [3.8, 4) is 5.75 Å². The van der Waals surface area contributed by atoms with E-state index in [9.17, 15) is 0 Å². The van der Waals surface area contributed by atoms with Crippen LogP contribution in [0.3, 0.4) is 0 Å². The van der Waals surface area contributed by atoms with Gasteiger partial charge in [-0.25, -0.2) is 4.98 Å². The van der Waals surface area contributed by atoms with E-state index >= 15 is 0 Å². The fourth-order valence-corrected chi connectivity index (χ4v) is 3.99. The van der Waals surface area contributed by atoms with Crippen LogP contribution in [0.5, 0.6) is 5.75 Å². The number of ether oxygens (including phenoxy) is 1. The molecule has 2 heterocycles. The van der Waals surface area contributed by atoms with E-state index in [2.05, 4.69) is 75.6 Å². The van der Waals surface area contributed by atoms with Crippen molar-refractivity contribution < 1.29 is 4.74 Å². The minimum atomic E-state index is 0.228. The summed E-state index contributed by atoms with van der Waals surface area (Å²) in [5.74, 6) is 1.70. The number of imidazole rings is 1. The Labute approximate surface area is 182 Å². The van der Waals surface area contributed by atoms with E-state index < -0.39 is 0 Å². The van der Waals surface area contributed by atoms with Crippen molar-refractivity contribution in [3.63, 3.8) is 0 Å². The first-order chi connectivity index (χ1) is 15.1. The van der Waals surface area contributed by atoms with Crippen LogP contribution in [0.2, 0.25) is 0 Å². The molecule has 1 fully saturated rings. The molecule has 4 aromatic rings. The zero-order valence-electron chi connectivity index (χ0n) is 17.6. The Morgan fingerprint density at radius 1 is 1.10 bits per heavy atom. The molecule has 1 aliphatic rings. The van der Waals surface area contributed by atoms with Crippen molar-refractivity contribution in [1.82, 2.24) is 9.97 Å². The van der Waals surface area contributed by atoms with Gasteiger partial charge in [0.15, 0.2) is 0 Å². The predicted molar refractivity (Wildman–Crippen MR) is 127 cm³/mol. The van der Waals surface area contributed by atoms with Gasteiger partial charge < -0.3 is 25.7 Å². The highest BCUT2D eigenvalue weighted by molar-refractivity contribution is 5.80. The van der Waals surface area contributed by atoms with Crippen LogP contribution < -0.4 is 20.7 Å². The molecule has 3 aromatic carbocycles. The highest BCUT2D eigenvalue weighted by atomic mass is 16.5. The summed E-state index contributed by atoms with van der Waals surface area (Å²) in [7, 11) is 0. The number of hydrogen-bond acceptors (Lipinski definition) is 5. The van der Waals surface area contributed by atoms with E-state index in [0.717, 1.165) is 47.9 Å². The molecule has 0 amide bonds. The molecule has 1 unspecified atom stereocenters. The monoisotopic (exact) mass is 413 g/mol. The molecule has 6 heteroatoms. The van der Waals surface area contributed by atoms with Crippen molar-refractivity contribution in [2.75, 3.05) is 29.0 Å². The number of nitrogens with zero attached hydrogens (tertiary/aromatic N) is 2. The van der Waals surface area contributed by atoms with Crippen molar-refractivity contribution >= 4 is 28.4 Å². The lowest BCUT2D eigenvalue weighted by atomic mass is 10.2. The summed E-state index contributed by atoms with van der Waals surface area (Å²) in [5, 5.41) is 3.36. The zero-order valence-corrected chi connectivity index (χ0v) is 17.6. The third-order valence-electron chi connectivity index (χ3n) is 5.74. The fraction of sp³-hybridized carbons (Fsp3) is 0.240. The molecule has 1 atom stereocenters. The SMILES string of the molecule is Cc1ccc(OC2CCN(c3ccc(CNc4nc5ccc(N)cc5[nH]4)cc3)C2)cc1. The second-order valence-corrected chi connectivity index (χ2v) is 8.17. The number of aryl methyl sites for hydroxylation is 1. The molecule has 5 rings (SSSR count). The molecule has 4 N–H and O–H groups in total. The number of nitrogen functional groups attached to an aromatic ring is 1. The first-order valence-corrected chi connectivity index (χ1v) is 10.7. The summed E-state index contributed by atoms with van der Waals surface area (Å²) >= 11 is 0. The standard InChI is InChI=1S/C25H27N5O/c1-17-2-9-21(10-3-17)31-22-12-13-30(16-22)20-7-4-18(5-8-20)15-27-25-28-23-11-6-19(26)14-24(23)29-25/h2-11,14,22H,12-13,15-16,26H2,1H3,(H2,27,28,29). The average Bonchev–Trinajstić information content (AvgIpc) is 3.41. The summed E-state index contributed by atoms with van der Waals surface area (Å²) in [6.07, 6.45) is 1.26. The van der Waals surface area contributed by atoms with Gasteiger partial charge in [0.2, 0.25) is 5.95 Å². The Hall–Kier alpha value is -3.67. The minimum absolute atomic E-state index is 0.228. The first-order valence-electron chi connectivity index (χ1n) is 10.7. The predicted octanol–water partition coefficient (Wildman–Crippen LogP) is 4.72. The molecule has 0 spiro atoms. The Morgan fingerprint density at radius 2 is 1.90 bits per heavy atom. The van der Waals surface area contributed by atoms with Gasteiger partial charge in [-0.05, 0) is 55.0 Å². The summed E-state index contributed by atoms with van der Waals surface area (Å²) in [5.41, 5.74) is 12.1. The number of fused-ring (bicyclic) bond motifs is 1. The number of nitrogens with two attached hydrogens (primary N) is 1. The van der Waals surface area contributed by atoms with Crippen LogP contribution in [-0.2, 0) is 6.54 Å². The number of rotatable bonds is 6. The lowest BCUT2D eigenvalue weighted by molar-refractivity contribution is 0.225. The van der Waals surface area contributed by atoms with Crippen molar-refractivity contribution in [2.24, 2.45) is 0 Å². The molecule has 1 saturated heterocycles. The van der Waals surface area contributed by atoms with Gasteiger partial charge in [-0.15, -0.1) is 0 Å². The molecule has 0 saturated carbocycles. The average molecular weight is 414 g/mol. The van der Waals surface area contributed by atoms with E-state index in [1.165, 1.54) is 16.8 Å². The Balaban J connectivity index is 1.16. The van der Waals surface area contributed by atoms with Crippen molar-refractivity contribution in [2.45, 2.75) is 26.0 Å². The number of H-pyrrole nitrogens is 1. The minimum Gasteiger partial charge on any atom is -0.489 e. The lowest BCUT2D eigenvalue weighted by Crippen LogP contribution is -2.24. The Bertz CT molecular complexity index is 1170. The van der Waals surface area contributed by atoms with Gasteiger partial charge >= 0.3 is 0 Å². The molecule has 158 valence electrons. The van der Waals surface area contributed by atoms with Gasteiger partial charge in [0, 0.05) is 30.9 Å². The van der Waals surface area contributed by atoms with Gasteiger partial charge in [0.25, 0.3) is 0 Å². The second kappa shape index (κ2) is 8.22. The van der Waals surface area contributed by atoms with Crippen LogP contribution in [0, 0.1) is 6.92 Å². The van der Waals surface area contributed by atoms with E-state index in [1.54, 1.807) is 0 Å². The lowest BCUT2D eigenvalue weighted by Gasteiger charge is -2.19. The van der Waals surface area contributed by atoms with Gasteiger partial charge in [-0.1, -0.05) is 29.8 Å². The normalized spacial score (nSPS) is 16.0. The molecule has 0 radical (unpaired) electrons. The Morgan fingerprint density at radius 3 is 2.71 bits per heavy atom. The maximum Gasteiger partial charge on any atom is 0.201 e. The van der Waals surface area contributed by atoms with Gasteiger partial charge in [0.1, 0.15) is 11.9 Å². The first kappa shape index (κ1) is 19.3. The third-order valence-corrected chi connectivity index (χ3v) is 5.74. The maximum atomic E-state index is 6.16. The fourth-order valence-electron chi connectivity index (χ4n) is 3.99. The summed E-state index contributed by atoms with van der Waals surface area (Å²) in [6, 6.07) is 22.7. The smallest absolute Gasteiger partial charge is 0.201 e. The van der Waals surface area contributed by atoms with Gasteiger partial charge in [-0.3, -0.25) is 0 Å². The number of hydrogen-bond donors (Lipinski definition) is 3. The maximum absolute atomic E-state index is 6.16. The van der Waals surface area contributed by atoms with E-state index in [4.69, 9.17) is 10.5 Å². The van der Waals surface area contributed by atoms with E-state index in [0.29, 0.717) is 6.54 Å². The summed E-state index contributed by atoms with van der Waals surface area (Å²) in [6.45, 7) is 4.71. The molecule has 1 aromatic heterocycles. The van der Waals surface area contributed by atoms with Crippen LogP contribution in [-0.4, -0.2) is 29.2 Å². The number of anilines is 3. The van der Waals surface area contributed by atoms with Crippen LogP contribution >= 0.6 is 0 Å². The molecular formula is C25H27N5O. The third kappa shape index (κ3) is 4.43. The topological polar surface area (TPSA) is 79.2 Å². The van der Waals surface area contributed by atoms with E-state index in [1.807, 2.05) is 18.2 Å². The largest absolute Gasteiger partial charge is 0.489 e. The Kier molecular flexibility index (Phi) is 5.12. The van der Waals surface area contributed by atoms with Crippen LogP contribution in [0.1, 0.15) is 17.5 Å².